The second-order valence-electron chi connectivity index (χ2n) is 14.5. The van der Waals surface area contributed by atoms with Crippen molar-refractivity contribution in [3.8, 4) is 5.88 Å². The van der Waals surface area contributed by atoms with Gasteiger partial charge >= 0.3 is 5.69 Å². The summed E-state index contributed by atoms with van der Waals surface area (Å²) in [4.78, 5) is 53.0. The molecule has 2 unspecified atom stereocenters. The summed E-state index contributed by atoms with van der Waals surface area (Å²) in [6.07, 6.45) is 10.0. The number of halogens is 1. The van der Waals surface area contributed by atoms with Gasteiger partial charge in [0.05, 0.1) is 17.5 Å². The standard InChI is InChI=1S/C39H55ClN4O7S/c1-6-7-8-9-10-11-12-13-14-21-26-52(50,51)29(2)27-32(45)42-33-34(46)43(28-30-22-17-15-18-23-30)37(49)44(33)39(40,35(47)38(3,4)5)36(48)41-31-24-19-16-20-25-31/h15-20,22-25,29,46H,6-14,21,26-28H2,1-5H3,(H,41,48)(H,42,45). The van der Waals surface area contributed by atoms with E-state index in [1.807, 2.05) is 0 Å². The fourth-order valence-corrected chi connectivity index (χ4v) is 7.84. The van der Waals surface area contributed by atoms with Crippen LogP contribution in [0.3, 0.4) is 0 Å². The third kappa shape index (κ3) is 11.3. The number of hydrogen-bond acceptors (Lipinski definition) is 7. The van der Waals surface area contributed by atoms with Crippen molar-refractivity contribution < 1.29 is 27.9 Å². The maximum Gasteiger partial charge on any atom is 0.335 e. The summed E-state index contributed by atoms with van der Waals surface area (Å²) < 4.78 is 27.8. The highest BCUT2D eigenvalue weighted by Crippen LogP contribution is 2.38. The van der Waals surface area contributed by atoms with Crippen molar-refractivity contribution in [2.45, 2.75) is 122 Å². The van der Waals surface area contributed by atoms with E-state index in [4.69, 9.17) is 11.6 Å². The van der Waals surface area contributed by atoms with Gasteiger partial charge in [0.15, 0.2) is 21.4 Å². The number of carbonyl (C=O) groups is 3. The van der Waals surface area contributed by atoms with Crippen LogP contribution in [0.15, 0.2) is 65.5 Å². The van der Waals surface area contributed by atoms with Crippen molar-refractivity contribution in [3.05, 3.63) is 76.7 Å². The Morgan fingerprint density at radius 2 is 1.35 bits per heavy atom. The Morgan fingerprint density at radius 1 is 0.827 bits per heavy atom. The number of carbonyl (C=O) groups excluding carboxylic acids is 3. The Balaban J connectivity index is 1.89. The lowest BCUT2D eigenvalue weighted by atomic mass is 9.85. The van der Waals surface area contributed by atoms with Gasteiger partial charge in [-0.25, -0.2) is 17.8 Å². The van der Waals surface area contributed by atoms with E-state index in [1.165, 1.54) is 59.8 Å². The van der Waals surface area contributed by atoms with Crippen molar-refractivity contribution in [3.63, 3.8) is 0 Å². The number of aromatic nitrogens is 2. The number of anilines is 2. The molecule has 0 saturated carbocycles. The molecule has 13 heteroatoms. The van der Waals surface area contributed by atoms with E-state index in [1.54, 1.807) is 60.7 Å². The van der Waals surface area contributed by atoms with E-state index in [2.05, 4.69) is 17.6 Å². The molecule has 1 aromatic heterocycles. The first-order valence-corrected chi connectivity index (χ1v) is 20.3. The van der Waals surface area contributed by atoms with Crippen molar-refractivity contribution >= 4 is 50.5 Å². The normalized spacial score (nSPS) is 13.7. The number of sulfone groups is 1. The van der Waals surface area contributed by atoms with Gasteiger partial charge in [-0.05, 0) is 31.0 Å². The summed E-state index contributed by atoms with van der Waals surface area (Å²) in [6.45, 7) is 7.99. The predicted octanol–water partition coefficient (Wildman–Crippen LogP) is 7.60. The fourth-order valence-electron chi connectivity index (χ4n) is 5.94. The number of unbranched alkanes of at least 4 members (excludes halogenated alkanes) is 9. The SMILES string of the molecule is CCCCCCCCCCCCS(=O)(=O)C(C)CC(=O)Nc1c(O)n(Cc2ccccc2)c(=O)n1C(Cl)(C(=O)Nc1ccccc1)C(=O)C(C)(C)C. The van der Waals surface area contributed by atoms with E-state index in [9.17, 15) is 32.7 Å². The van der Waals surface area contributed by atoms with Crippen molar-refractivity contribution in [1.82, 2.24) is 9.13 Å². The summed E-state index contributed by atoms with van der Waals surface area (Å²) in [7, 11) is -3.67. The molecule has 52 heavy (non-hydrogen) atoms. The zero-order valence-electron chi connectivity index (χ0n) is 31.1. The Kier molecular flexibility index (Phi) is 15.7. The molecule has 0 aliphatic heterocycles. The van der Waals surface area contributed by atoms with Crippen LogP contribution in [0.2, 0.25) is 0 Å². The molecule has 0 radical (unpaired) electrons. The second-order valence-corrected chi connectivity index (χ2v) is 17.6. The monoisotopic (exact) mass is 758 g/mol. The van der Waals surface area contributed by atoms with Crippen LogP contribution in [0, 0.1) is 5.41 Å². The van der Waals surface area contributed by atoms with E-state index >= 15 is 0 Å². The first-order valence-electron chi connectivity index (χ1n) is 18.2. The van der Waals surface area contributed by atoms with Crippen LogP contribution in [0.5, 0.6) is 5.88 Å². The van der Waals surface area contributed by atoms with Gasteiger partial charge in [0, 0.05) is 17.5 Å². The highest BCUT2D eigenvalue weighted by Gasteiger charge is 2.53. The Morgan fingerprint density at radius 3 is 1.88 bits per heavy atom. The number of aromatic hydroxyl groups is 1. The predicted molar refractivity (Wildman–Crippen MR) is 208 cm³/mol. The third-order valence-corrected chi connectivity index (χ3v) is 11.8. The number of hydrogen-bond donors (Lipinski definition) is 3. The topological polar surface area (TPSA) is 157 Å². The molecule has 0 fully saturated rings. The molecule has 3 aromatic rings. The van der Waals surface area contributed by atoms with Crippen molar-refractivity contribution in [2.24, 2.45) is 5.41 Å². The minimum atomic E-state index is -3.67. The summed E-state index contributed by atoms with van der Waals surface area (Å²) >= 11 is 7.02. The van der Waals surface area contributed by atoms with Gasteiger partial charge in [0.2, 0.25) is 11.8 Å². The van der Waals surface area contributed by atoms with E-state index < -0.39 is 66.9 Å². The summed E-state index contributed by atoms with van der Waals surface area (Å²) in [5.74, 6) is -4.29. The molecule has 2 amide bonds. The van der Waals surface area contributed by atoms with Crippen LogP contribution in [0.1, 0.15) is 111 Å². The van der Waals surface area contributed by atoms with Crippen LogP contribution in [-0.2, 0) is 35.8 Å². The van der Waals surface area contributed by atoms with Gasteiger partial charge in [0.1, 0.15) is 0 Å². The molecule has 0 aliphatic rings. The number of nitrogens with zero attached hydrogens (tertiary/aromatic N) is 2. The van der Waals surface area contributed by atoms with Crippen LogP contribution in [-0.4, -0.2) is 51.3 Å². The number of Topliss-reactive ketones (excluding diaryl/α,β-unsaturated/α-hetero) is 1. The summed E-state index contributed by atoms with van der Waals surface area (Å²) in [5.41, 5.74) is -1.45. The molecule has 0 saturated heterocycles. The number of amides is 2. The van der Waals surface area contributed by atoms with Gasteiger partial charge in [-0.3, -0.25) is 19.0 Å². The van der Waals surface area contributed by atoms with Gasteiger partial charge in [-0.1, -0.05) is 146 Å². The molecule has 1 heterocycles. The molecule has 286 valence electrons. The third-order valence-electron chi connectivity index (χ3n) is 9.05. The molecule has 3 rings (SSSR count). The maximum absolute atomic E-state index is 14.2. The number of alkyl halides is 1. The van der Waals surface area contributed by atoms with Gasteiger partial charge in [0.25, 0.3) is 10.9 Å². The van der Waals surface area contributed by atoms with Crippen LogP contribution < -0.4 is 16.3 Å². The molecular formula is C39H55ClN4O7S. The average molecular weight is 759 g/mol. The minimum Gasteiger partial charge on any atom is -0.492 e. The first kappa shape index (κ1) is 42.5. The zero-order valence-corrected chi connectivity index (χ0v) is 32.7. The Labute approximate surface area is 313 Å². The lowest BCUT2D eigenvalue weighted by Crippen LogP contribution is -2.55. The average Bonchev–Trinajstić information content (AvgIpc) is 3.32. The minimum absolute atomic E-state index is 0.0775. The maximum atomic E-state index is 14.2. The number of ketones is 1. The van der Waals surface area contributed by atoms with Crippen molar-refractivity contribution in [2.75, 3.05) is 16.4 Å². The Hall–Kier alpha value is -3.90. The molecule has 11 nitrogen and oxygen atoms in total. The van der Waals surface area contributed by atoms with Gasteiger partial charge in [-0.15, -0.1) is 0 Å². The molecule has 0 aliphatic carbocycles. The Bertz CT molecular complexity index is 1800. The van der Waals surface area contributed by atoms with Crippen molar-refractivity contribution in [1.29, 1.82) is 0 Å². The number of nitrogens with one attached hydrogen (secondary N) is 2. The number of para-hydroxylation sites is 1. The second kappa shape index (κ2) is 19.3. The molecule has 0 bridgehead atoms. The molecule has 3 N–H and O–H groups in total. The summed E-state index contributed by atoms with van der Waals surface area (Å²) in [5, 5.41) is 15.4. The van der Waals surface area contributed by atoms with E-state index in [0.29, 0.717) is 16.6 Å². The molecule has 2 aromatic carbocycles. The highest BCUT2D eigenvalue weighted by atomic mass is 35.5. The van der Waals surface area contributed by atoms with Crippen LogP contribution in [0.25, 0.3) is 0 Å². The fraction of sp³-hybridized carbons (Fsp3) is 0.538. The lowest BCUT2D eigenvalue weighted by Gasteiger charge is -2.32. The quantitative estimate of drug-likeness (QED) is 0.0574. The van der Waals surface area contributed by atoms with Crippen LogP contribution >= 0.6 is 11.6 Å². The zero-order chi connectivity index (χ0) is 38.5. The highest BCUT2D eigenvalue weighted by molar-refractivity contribution is 7.92. The van der Waals surface area contributed by atoms with Gasteiger partial charge in [-0.2, -0.15) is 0 Å². The molecule has 0 spiro atoms. The molecule has 2 atom stereocenters. The van der Waals surface area contributed by atoms with Crippen LogP contribution in [0.4, 0.5) is 11.5 Å². The lowest BCUT2D eigenvalue weighted by molar-refractivity contribution is -0.138. The number of rotatable bonds is 21. The van der Waals surface area contributed by atoms with E-state index in [-0.39, 0.29) is 18.0 Å². The number of benzene rings is 2. The smallest absolute Gasteiger partial charge is 0.335 e. The van der Waals surface area contributed by atoms with Gasteiger partial charge < -0.3 is 15.7 Å². The summed E-state index contributed by atoms with van der Waals surface area (Å²) in [6, 6.07) is 16.8. The van der Waals surface area contributed by atoms with E-state index in [0.717, 1.165) is 30.3 Å². The first-order chi connectivity index (χ1) is 24.5. The molecular weight excluding hydrogens is 704 g/mol. The number of imidazole rings is 1. The largest absolute Gasteiger partial charge is 0.492 e.